The van der Waals surface area contributed by atoms with Crippen molar-refractivity contribution in [3.8, 4) is 0 Å². The van der Waals surface area contributed by atoms with Gasteiger partial charge in [-0.3, -0.25) is 19.4 Å². The second kappa shape index (κ2) is 20.0. The Bertz CT molecular complexity index is 1380. The number of carboxylic acids is 1. The predicted octanol–water partition coefficient (Wildman–Crippen LogP) is 12.6. The molecule has 0 saturated heterocycles. The number of nitrogens with one attached hydrogen (secondary N) is 1. The molecule has 0 bridgehead atoms. The van der Waals surface area contributed by atoms with Crippen LogP contribution >= 0.6 is 0 Å². The first kappa shape index (κ1) is 49.7. The molecule has 7 heteroatoms. The van der Waals surface area contributed by atoms with E-state index in [1.165, 1.54) is 38.5 Å². The Morgan fingerprint density at radius 1 is 0.839 bits per heavy atom. The van der Waals surface area contributed by atoms with Crippen LogP contribution in [0.15, 0.2) is 29.4 Å². The third-order valence-electron chi connectivity index (χ3n) is 16.2. The lowest BCUT2D eigenvalue weighted by Gasteiger charge is -2.73. The number of ether oxygens (including phenoxy) is 1. The number of carboxylic acid groups (broad SMARTS) is 1. The van der Waals surface area contributed by atoms with Crippen molar-refractivity contribution in [2.24, 2.45) is 67.1 Å². The first-order valence-electron chi connectivity index (χ1n) is 22.8. The number of esters is 1. The molecule has 0 aromatic rings. The van der Waals surface area contributed by atoms with Crippen LogP contribution in [0.5, 0.6) is 0 Å². The van der Waals surface area contributed by atoms with Gasteiger partial charge >= 0.3 is 11.9 Å². The summed E-state index contributed by atoms with van der Waals surface area (Å²) in [6.07, 6.45) is 16.7. The van der Waals surface area contributed by atoms with E-state index in [-0.39, 0.29) is 57.9 Å². The van der Waals surface area contributed by atoms with Gasteiger partial charge in [0.1, 0.15) is 6.10 Å². The van der Waals surface area contributed by atoms with Gasteiger partial charge in [-0.05, 0) is 134 Å². The largest absolute Gasteiger partial charge is 0.481 e. The van der Waals surface area contributed by atoms with Crippen LogP contribution in [0.3, 0.4) is 0 Å². The number of carbonyl (C=O) groups is 3. The zero-order valence-corrected chi connectivity index (χ0v) is 38.7. The van der Waals surface area contributed by atoms with Crippen LogP contribution in [0.2, 0.25) is 0 Å². The molecule has 2 N–H and O–H groups in total. The zero-order chi connectivity index (χ0) is 42.9. The Morgan fingerprint density at radius 2 is 1.48 bits per heavy atom. The molecule has 5 fully saturated rings. The van der Waals surface area contributed by atoms with E-state index in [1.54, 1.807) is 6.08 Å². The molecule has 5 saturated carbocycles. The minimum atomic E-state index is -0.884. The average molecular weight is 783 g/mol. The fourth-order valence-electron chi connectivity index (χ4n) is 13.8. The molecule has 3 unspecified atom stereocenters. The molecule has 5 aliphatic carbocycles. The van der Waals surface area contributed by atoms with Gasteiger partial charge in [0.2, 0.25) is 5.91 Å². The summed E-state index contributed by atoms with van der Waals surface area (Å²) in [5.74, 6) is 1.95. The molecular weight excluding hydrogens is 697 g/mol. The highest BCUT2D eigenvalue weighted by molar-refractivity contribution is 5.77. The van der Waals surface area contributed by atoms with Gasteiger partial charge in [-0.2, -0.15) is 0 Å². The van der Waals surface area contributed by atoms with E-state index < -0.39 is 11.4 Å². The van der Waals surface area contributed by atoms with Crippen LogP contribution in [0, 0.1) is 62.1 Å². The standard InChI is InChI=1S/C43H68N2O5.3C2H6/c1-11-13-29(44-10)27-45-34(46)24-43-21-16-28(12-2)37(43)30-14-15-32-40(7)19-18-33(50-36(49)26-38(3,4)25-35(47)48)39(5,6)31(40)17-20-42(32,9)41(30,8)22-23-43;3*1-2/h11,13,28,30-33,37H,1,10,12,14-27H2,2-9H3,(H,45,46)(H,47,48);3*1-2H3/b29-13-;;;/t28-,30-,31?,32?,33+,37?,40+,41-,42-,43-;;;/m1.../s1. The van der Waals surface area contributed by atoms with Crippen LogP contribution in [-0.4, -0.2) is 42.3 Å². The number of rotatable bonds is 12. The van der Waals surface area contributed by atoms with Gasteiger partial charge in [0, 0.05) is 11.8 Å². The van der Waals surface area contributed by atoms with Crippen molar-refractivity contribution in [1.82, 2.24) is 5.32 Å². The van der Waals surface area contributed by atoms with Crippen molar-refractivity contribution < 1.29 is 24.2 Å². The molecule has 322 valence electrons. The first-order valence-corrected chi connectivity index (χ1v) is 22.8. The van der Waals surface area contributed by atoms with Crippen molar-refractivity contribution in [2.75, 3.05) is 6.54 Å². The molecule has 5 rings (SSSR count). The second-order valence-corrected chi connectivity index (χ2v) is 19.5. The second-order valence-electron chi connectivity index (χ2n) is 19.5. The Morgan fingerprint density at radius 3 is 2.05 bits per heavy atom. The maximum atomic E-state index is 13.6. The Labute approximate surface area is 344 Å². The summed E-state index contributed by atoms with van der Waals surface area (Å²) >= 11 is 0. The summed E-state index contributed by atoms with van der Waals surface area (Å²) in [4.78, 5) is 42.2. The third kappa shape index (κ3) is 9.54. The molecule has 1 amide bonds. The number of allylic oxidation sites excluding steroid dienone is 2. The summed E-state index contributed by atoms with van der Waals surface area (Å²) in [5.41, 5.74) is 0.630. The summed E-state index contributed by atoms with van der Waals surface area (Å²) in [5, 5.41) is 12.5. The normalized spacial score (nSPS) is 36.6. The minimum absolute atomic E-state index is 0.0486. The number of aliphatic imine (C=N–C) groups is 1. The van der Waals surface area contributed by atoms with Crippen LogP contribution in [0.25, 0.3) is 0 Å². The molecule has 10 atom stereocenters. The average Bonchev–Trinajstić information content (AvgIpc) is 3.51. The van der Waals surface area contributed by atoms with Gasteiger partial charge in [0.25, 0.3) is 0 Å². The highest BCUT2D eigenvalue weighted by atomic mass is 16.5. The number of nitrogens with zero attached hydrogens (tertiary/aromatic N) is 1. The van der Waals surface area contributed by atoms with E-state index in [2.05, 4.69) is 65.1 Å². The molecule has 7 nitrogen and oxygen atoms in total. The van der Waals surface area contributed by atoms with E-state index >= 15 is 0 Å². The van der Waals surface area contributed by atoms with Gasteiger partial charge < -0.3 is 15.2 Å². The van der Waals surface area contributed by atoms with Crippen LogP contribution in [-0.2, 0) is 19.1 Å². The topological polar surface area (TPSA) is 105 Å². The van der Waals surface area contributed by atoms with E-state index in [4.69, 9.17) is 4.74 Å². The van der Waals surface area contributed by atoms with Crippen molar-refractivity contribution >= 4 is 24.6 Å². The van der Waals surface area contributed by atoms with Crippen molar-refractivity contribution in [3.63, 3.8) is 0 Å². The first-order chi connectivity index (χ1) is 26.3. The third-order valence-corrected chi connectivity index (χ3v) is 16.2. The van der Waals surface area contributed by atoms with Gasteiger partial charge in [0.15, 0.2) is 0 Å². The molecule has 0 heterocycles. The lowest BCUT2D eigenvalue weighted by molar-refractivity contribution is -0.251. The van der Waals surface area contributed by atoms with Crippen molar-refractivity contribution in [2.45, 2.75) is 193 Å². The van der Waals surface area contributed by atoms with E-state index in [0.29, 0.717) is 42.6 Å². The van der Waals surface area contributed by atoms with Crippen LogP contribution in [0.1, 0.15) is 187 Å². The summed E-state index contributed by atoms with van der Waals surface area (Å²) in [6, 6.07) is 0. The molecular formula is C49H86N2O5. The molecule has 5 aliphatic rings. The van der Waals surface area contributed by atoms with Crippen molar-refractivity contribution in [1.29, 1.82) is 0 Å². The monoisotopic (exact) mass is 783 g/mol. The maximum absolute atomic E-state index is 13.6. The van der Waals surface area contributed by atoms with Gasteiger partial charge in [-0.25, -0.2) is 0 Å². The molecule has 0 aromatic heterocycles. The lowest BCUT2D eigenvalue weighted by atomic mass is 9.32. The minimum Gasteiger partial charge on any atom is -0.481 e. The molecule has 0 radical (unpaired) electrons. The summed E-state index contributed by atoms with van der Waals surface area (Å²) < 4.78 is 6.27. The maximum Gasteiger partial charge on any atom is 0.306 e. The van der Waals surface area contributed by atoms with Gasteiger partial charge in [-0.15, -0.1) is 0 Å². The number of aliphatic carboxylic acids is 1. The molecule has 0 spiro atoms. The fourth-order valence-corrected chi connectivity index (χ4v) is 13.8. The lowest BCUT2D eigenvalue weighted by Crippen LogP contribution is -2.66. The zero-order valence-electron chi connectivity index (χ0n) is 38.7. The SMILES string of the molecule is C=C/C=C(/CNC(=O)C[C@]12CC[C@@H](CC)C1[C@H]1CCC3[C@@]4(C)CC[C@H](OC(=O)CC(C)(C)CC(=O)O)C(C)(C)C4CC[C@@]3(C)[C@]1(C)CC2)N=C.CC.CC.CC. The quantitative estimate of drug-likeness (QED) is 0.116. The van der Waals surface area contributed by atoms with Crippen LogP contribution < -0.4 is 5.32 Å². The highest BCUT2D eigenvalue weighted by Crippen LogP contribution is 2.77. The fraction of sp³-hybridized carbons (Fsp3) is 0.837. The number of fused-ring (bicyclic) bond motifs is 7. The van der Waals surface area contributed by atoms with Gasteiger partial charge in [-0.1, -0.05) is 116 Å². The molecule has 56 heavy (non-hydrogen) atoms. The summed E-state index contributed by atoms with van der Waals surface area (Å²) in [6.45, 7) is 38.4. The Balaban J connectivity index is 0.00000172. The Kier molecular flexibility index (Phi) is 17.8. The highest BCUT2D eigenvalue weighted by Gasteiger charge is 2.71. The summed E-state index contributed by atoms with van der Waals surface area (Å²) in [7, 11) is 0. The number of hydrogen-bond donors (Lipinski definition) is 2. The number of hydrogen-bond acceptors (Lipinski definition) is 5. The van der Waals surface area contributed by atoms with E-state index in [9.17, 15) is 19.5 Å². The van der Waals surface area contributed by atoms with E-state index in [0.717, 1.165) is 37.8 Å². The van der Waals surface area contributed by atoms with Gasteiger partial charge in [0.05, 0.1) is 25.1 Å². The number of amides is 1. The Hall–Kier alpha value is -2.44. The van der Waals surface area contributed by atoms with Crippen molar-refractivity contribution in [3.05, 3.63) is 24.4 Å². The molecule has 0 aromatic carbocycles. The molecule has 0 aliphatic heterocycles. The number of carbonyl (C=O) groups excluding carboxylic acids is 2. The van der Waals surface area contributed by atoms with Crippen LogP contribution in [0.4, 0.5) is 0 Å². The van der Waals surface area contributed by atoms with E-state index in [1.807, 2.05) is 61.5 Å². The predicted molar refractivity (Wildman–Crippen MR) is 234 cm³/mol. The smallest absolute Gasteiger partial charge is 0.306 e.